The van der Waals surface area contributed by atoms with E-state index >= 15 is 0 Å². The zero-order chi connectivity index (χ0) is 22.1. The van der Waals surface area contributed by atoms with Gasteiger partial charge in [0, 0.05) is 12.3 Å². The first-order chi connectivity index (χ1) is 14.0. The molecular formula is C20H28N4O5S. The van der Waals surface area contributed by atoms with Crippen molar-refractivity contribution in [1.29, 1.82) is 0 Å². The van der Waals surface area contributed by atoms with Crippen LogP contribution in [0.15, 0.2) is 29.2 Å². The molecule has 1 atom stereocenters. The summed E-state index contributed by atoms with van der Waals surface area (Å²) in [5.41, 5.74) is 2.29. The van der Waals surface area contributed by atoms with Gasteiger partial charge in [-0.05, 0) is 56.2 Å². The fourth-order valence-electron chi connectivity index (χ4n) is 3.85. The predicted octanol–water partition coefficient (Wildman–Crippen LogP) is 1.27. The Labute approximate surface area is 176 Å². The molecule has 1 aliphatic heterocycles. The second-order valence-corrected chi connectivity index (χ2v) is 10.3. The fourth-order valence-corrected chi connectivity index (χ4v) is 4.48. The first-order valence-corrected chi connectivity index (χ1v) is 11.9. The van der Waals surface area contributed by atoms with Crippen molar-refractivity contribution >= 4 is 27.7 Å². The topological polar surface area (TPSA) is 125 Å². The van der Waals surface area contributed by atoms with E-state index in [1.165, 1.54) is 12.1 Å². The second-order valence-electron chi connectivity index (χ2n) is 8.31. The molecular weight excluding hydrogens is 408 g/mol. The Bertz CT molecular complexity index is 936. The van der Waals surface area contributed by atoms with Gasteiger partial charge in [0.15, 0.2) is 9.84 Å². The van der Waals surface area contributed by atoms with Crippen LogP contribution in [-0.2, 0) is 19.4 Å². The lowest BCUT2D eigenvalue weighted by Crippen LogP contribution is -2.52. The SMILES string of the molecule is CC1CCC2(CC1)NC(=O)N(NC(=O)CN[C@@H](C)c1ccc(S(C)(=O)=O)cc1)C2=O. The van der Waals surface area contributed by atoms with Gasteiger partial charge in [-0.15, -0.1) is 0 Å². The van der Waals surface area contributed by atoms with Gasteiger partial charge in [0.2, 0.25) is 0 Å². The van der Waals surface area contributed by atoms with Gasteiger partial charge in [-0.25, -0.2) is 13.2 Å². The van der Waals surface area contributed by atoms with Crippen LogP contribution in [0.1, 0.15) is 51.1 Å². The molecule has 0 aromatic heterocycles. The molecule has 10 heteroatoms. The monoisotopic (exact) mass is 436 g/mol. The molecule has 0 radical (unpaired) electrons. The number of hydrogen-bond donors (Lipinski definition) is 3. The Balaban J connectivity index is 1.54. The molecule has 3 rings (SSSR count). The number of hydrogen-bond acceptors (Lipinski definition) is 6. The third-order valence-electron chi connectivity index (χ3n) is 5.90. The first kappa shape index (κ1) is 22.2. The molecule has 0 bridgehead atoms. The minimum Gasteiger partial charge on any atom is -0.322 e. The van der Waals surface area contributed by atoms with Gasteiger partial charge in [0.05, 0.1) is 11.4 Å². The molecule has 9 nitrogen and oxygen atoms in total. The molecule has 1 aromatic rings. The van der Waals surface area contributed by atoms with E-state index in [1.807, 2.05) is 6.92 Å². The van der Waals surface area contributed by atoms with Crippen LogP contribution in [0, 0.1) is 5.92 Å². The zero-order valence-corrected chi connectivity index (χ0v) is 18.2. The number of imide groups is 1. The molecule has 2 aliphatic rings. The maximum Gasteiger partial charge on any atom is 0.344 e. The Morgan fingerprint density at radius 3 is 2.40 bits per heavy atom. The maximum atomic E-state index is 12.8. The summed E-state index contributed by atoms with van der Waals surface area (Å²) in [7, 11) is -3.27. The lowest BCUT2D eigenvalue weighted by atomic mass is 9.77. The Morgan fingerprint density at radius 2 is 1.83 bits per heavy atom. The number of amides is 4. The van der Waals surface area contributed by atoms with Crippen molar-refractivity contribution < 1.29 is 22.8 Å². The Hall–Kier alpha value is -2.46. The molecule has 1 spiro atoms. The lowest BCUT2D eigenvalue weighted by molar-refractivity contribution is -0.139. The number of hydrazine groups is 1. The number of benzene rings is 1. The highest BCUT2D eigenvalue weighted by atomic mass is 32.2. The molecule has 164 valence electrons. The van der Waals surface area contributed by atoms with Crippen LogP contribution in [0.5, 0.6) is 0 Å². The van der Waals surface area contributed by atoms with Crippen molar-refractivity contribution in [3.8, 4) is 0 Å². The van der Waals surface area contributed by atoms with E-state index in [2.05, 4.69) is 23.0 Å². The summed E-state index contributed by atoms with van der Waals surface area (Å²) in [6.45, 7) is 3.83. The number of urea groups is 1. The number of sulfone groups is 1. The summed E-state index contributed by atoms with van der Waals surface area (Å²) in [5, 5.41) is 6.55. The fraction of sp³-hybridized carbons (Fsp3) is 0.550. The van der Waals surface area contributed by atoms with Crippen LogP contribution in [-0.4, -0.2) is 49.6 Å². The summed E-state index contributed by atoms with van der Waals surface area (Å²) in [6.07, 6.45) is 3.99. The molecule has 30 heavy (non-hydrogen) atoms. The van der Waals surface area contributed by atoms with Gasteiger partial charge in [-0.3, -0.25) is 15.0 Å². The van der Waals surface area contributed by atoms with Crippen molar-refractivity contribution in [1.82, 2.24) is 21.1 Å². The Kier molecular flexibility index (Phi) is 6.19. The highest BCUT2D eigenvalue weighted by Gasteiger charge is 2.52. The summed E-state index contributed by atoms with van der Waals surface area (Å²) in [4.78, 5) is 37.6. The average molecular weight is 437 g/mol. The molecule has 1 saturated heterocycles. The van der Waals surface area contributed by atoms with Crippen LogP contribution in [0.3, 0.4) is 0 Å². The van der Waals surface area contributed by atoms with Crippen LogP contribution < -0.4 is 16.1 Å². The van der Waals surface area contributed by atoms with Crippen molar-refractivity contribution in [2.45, 2.75) is 56.0 Å². The van der Waals surface area contributed by atoms with E-state index < -0.39 is 33.2 Å². The summed E-state index contributed by atoms with van der Waals surface area (Å²) < 4.78 is 23.1. The number of carbonyl (C=O) groups excluding carboxylic acids is 3. The van der Waals surface area contributed by atoms with E-state index in [0.29, 0.717) is 18.8 Å². The van der Waals surface area contributed by atoms with E-state index in [1.54, 1.807) is 12.1 Å². The standard InChI is InChI=1S/C20H28N4O5S/c1-13-8-10-20(11-9-13)18(26)24(19(27)22-20)23-17(25)12-21-14(2)15-4-6-16(7-5-15)30(3,28)29/h4-7,13-14,21H,8-12H2,1-3H3,(H,22,27)(H,23,25)/t13?,14-,20?/m0/s1. The molecule has 2 fully saturated rings. The van der Waals surface area contributed by atoms with E-state index in [-0.39, 0.29) is 17.5 Å². The van der Waals surface area contributed by atoms with Gasteiger partial charge >= 0.3 is 6.03 Å². The van der Waals surface area contributed by atoms with Gasteiger partial charge in [0.1, 0.15) is 5.54 Å². The predicted molar refractivity (Wildman–Crippen MR) is 110 cm³/mol. The number of nitrogens with one attached hydrogen (secondary N) is 3. The van der Waals surface area contributed by atoms with Crippen molar-refractivity contribution in [2.24, 2.45) is 5.92 Å². The van der Waals surface area contributed by atoms with Crippen LogP contribution >= 0.6 is 0 Å². The number of carbonyl (C=O) groups is 3. The summed E-state index contributed by atoms with van der Waals surface area (Å²) >= 11 is 0. The normalized spacial score (nSPS) is 25.3. The molecule has 1 heterocycles. The van der Waals surface area contributed by atoms with Gasteiger partial charge in [-0.1, -0.05) is 19.1 Å². The number of nitrogens with zero attached hydrogens (tertiary/aromatic N) is 1. The highest BCUT2D eigenvalue weighted by molar-refractivity contribution is 7.90. The average Bonchev–Trinajstić information content (AvgIpc) is 2.92. The summed E-state index contributed by atoms with van der Waals surface area (Å²) in [6, 6.07) is 5.54. The van der Waals surface area contributed by atoms with Crippen molar-refractivity contribution in [2.75, 3.05) is 12.8 Å². The lowest BCUT2D eigenvalue weighted by Gasteiger charge is -2.33. The third kappa shape index (κ3) is 4.65. The molecule has 1 aliphatic carbocycles. The summed E-state index contributed by atoms with van der Waals surface area (Å²) in [5.74, 6) is -0.405. The highest BCUT2D eigenvalue weighted by Crippen LogP contribution is 2.35. The minimum absolute atomic E-state index is 0.115. The quantitative estimate of drug-likeness (QED) is 0.577. The molecule has 1 saturated carbocycles. The smallest absolute Gasteiger partial charge is 0.322 e. The van der Waals surface area contributed by atoms with Gasteiger partial charge in [-0.2, -0.15) is 5.01 Å². The van der Waals surface area contributed by atoms with Crippen LogP contribution in [0.4, 0.5) is 4.79 Å². The van der Waals surface area contributed by atoms with E-state index in [0.717, 1.165) is 29.7 Å². The maximum absolute atomic E-state index is 12.8. The number of rotatable bonds is 6. The Morgan fingerprint density at radius 1 is 1.23 bits per heavy atom. The molecule has 4 amide bonds. The largest absolute Gasteiger partial charge is 0.344 e. The molecule has 3 N–H and O–H groups in total. The van der Waals surface area contributed by atoms with E-state index in [9.17, 15) is 22.8 Å². The van der Waals surface area contributed by atoms with Crippen molar-refractivity contribution in [3.63, 3.8) is 0 Å². The zero-order valence-electron chi connectivity index (χ0n) is 17.4. The van der Waals surface area contributed by atoms with Gasteiger partial charge in [0.25, 0.3) is 11.8 Å². The van der Waals surface area contributed by atoms with E-state index in [4.69, 9.17) is 0 Å². The second kappa shape index (κ2) is 8.35. The van der Waals surface area contributed by atoms with Gasteiger partial charge < -0.3 is 10.6 Å². The molecule has 0 unspecified atom stereocenters. The minimum atomic E-state index is -3.27. The first-order valence-electron chi connectivity index (χ1n) is 10.0. The van der Waals surface area contributed by atoms with Crippen molar-refractivity contribution in [3.05, 3.63) is 29.8 Å². The van der Waals surface area contributed by atoms with Crippen LogP contribution in [0.2, 0.25) is 0 Å². The molecule has 1 aromatic carbocycles. The van der Waals surface area contributed by atoms with Crippen LogP contribution in [0.25, 0.3) is 0 Å². The third-order valence-corrected chi connectivity index (χ3v) is 7.03.